The smallest absolute Gasteiger partial charge is 0.166 e. The number of hydrogen-bond acceptors (Lipinski definition) is 4. The van der Waals surface area contributed by atoms with E-state index in [-0.39, 0.29) is 0 Å². The van der Waals surface area contributed by atoms with Crippen LogP contribution >= 0.6 is 0 Å². The molecular formula is C17H21N3O. The molecule has 21 heavy (non-hydrogen) atoms. The van der Waals surface area contributed by atoms with Crippen molar-refractivity contribution in [3.05, 3.63) is 53.6 Å². The van der Waals surface area contributed by atoms with E-state index in [4.69, 9.17) is 4.74 Å². The van der Waals surface area contributed by atoms with Crippen molar-refractivity contribution in [2.75, 3.05) is 6.54 Å². The Balaban J connectivity index is 1.71. The maximum absolute atomic E-state index is 5.81. The number of benzene rings is 1. The van der Waals surface area contributed by atoms with E-state index in [1.807, 2.05) is 6.07 Å². The Morgan fingerprint density at radius 3 is 2.95 bits per heavy atom. The van der Waals surface area contributed by atoms with Crippen LogP contribution in [-0.2, 0) is 13.0 Å². The first-order valence-corrected chi connectivity index (χ1v) is 7.61. The third-order valence-electron chi connectivity index (χ3n) is 3.87. The van der Waals surface area contributed by atoms with Gasteiger partial charge in [-0.05, 0) is 55.1 Å². The molecule has 1 atom stereocenters. The first kappa shape index (κ1) is 14.0. The predicted octanol–water partition coefficient (Wildman–Crippen LogP) is 3.04. The van der Waals surface area contributed by atoms with Crippen LogP contribution in [0.25, 0.3) is 0 Å². The van der Waals surface area contributed by atoms with Gasteiger partial charge in [0.15, 0.2) is 5.82 Å². The van der Waals surface area contributed by atoms with Crippen LogP contribution < -0.4 is 10.1 Å². The normalized spacial score (nSPS) is 17.3. The van der Waals surface area contributed by atoms with E-state index in [0.29, 0.717) is 18.5 Å². The summed E-state index contributed by atoms with van der Waals surface area (Å²) < 4.78 is 5.81. The second-order valence-electron chi connectivity index (χ2n) is 5.32. The van der Waals surface area contributed by atoms with Crippen molar-refractivity contribution in [1.29, 1.82) is 0 Å². The van der Waals surface area contributed by atoms with Gasteiger partial charge in [-0.1, -0.05) is 13.0 Å². The van der Waals surface area contributed by atoms with Crippen LogP contribution in [0.2, 0.25) is 0 Å². The molecule has 0 saturated carbocycles. The van der Waals surface area contributed by atoms with Crippen molar-refractivity contribution < 1.29 is 4.74 Å². The van der Waals surface area contributed by atoms with Crippen LogP contribution in [0.15, 0.2) is 36.7 Å². The molecule has 1 heterocycles. The lowest BCUT2D eigenvalue weighted by Crippen LogP contribution is -2.24. The Morgan fingerprint density at radius 2 is 2.14 bits per heavy atom. The van der Waals surface area contributed by atoms with Gasteiger partial charge < -0.3 is 10.1 Å². The van der Waals surface area contributed by atoms with Crippen LogP contribution in [-0.4, -0.2) is 16.5 Å². The lowest BCUT2D eigenvalue weighted by molar-refractivity contribution is 0.295. The lowest BCUT2D eigenvalue weighted by Gasteiger charge is -2.26. The van der Waals surface area contributed by atoms with Crippen molar-refractivity contribution in [3.8, 4) is 5.75 Å². The molecule has 0 aliphatic heterocycles. The highest BCUT2D eigenvalue weighted by Gasteiger charge is 2.19. The topological polar surface area (TPSA) is 47.0 Å². The third-order valence-corrected chi connectivity index (χ3v) is 3.87. The molecule has 0 fully saturated rings. The summed E-state index contributed by atoms with van der Waals surface area (Å²) in [6.45, 7) is 3.58. The summed E-state index contributed by atoms with van der Waals surface area (Å²) >= 11 is 0. The number of rotatable bonds is 5. The summed E-state index contributed by atoms with van der Waals surface area (Å²) in [4.78, 5) is 8.34. The van der Waals surface area contributed by atoms with Crippen molar-refractivity contribution in [2.24, 2.45) is 0 Å². The Bertz CT molecular complexity index is 586. The maximum atomic E-state index is 5.81. The van der Waals surface area contributed by atoms with E-state index in [9.17, 15) is 0 Å². The second-order valence-corrected chi connectivity index (χ2v) is 5.32. The van der Waals surface area contributed by atoms with Crippen molar-refractivity contribution in [1.82, 2.24) is 15.3 Å². The summed E-state index contributed by atoms with van der Waals surface area (Å²) in [6, 6.07) is 8.72. The molecule has 0 spiro atoms. The SMILES string of the molecule is CCNC1CCCc2cc(OCc3ncccn3)ccc21. The third kappa shape index (κ3) is 3.39. The van der Waals surface area contributed by atoms with Crippen molar-refractivity contribution >= 4 is 0 Å². The second kappa shape index (κ2) is 6.68. The zero-order valence-electron chi connectivity index (χ0n) is 12.4. The standard InChI is InChI=1S/C17H21N3O/c1-2-18-16-6-3-5-13-11-14(7-8-15(13)16)21-12-17-19-9-4-10-20-17/h4,7-11,16,18H,2-3,5-6,12H2,1H3. The number of aromatic nitrogens is 2. The van der Waals surface area contributed by atoms with Gasteiger partial charge in [0.1, 0.15) is 12.4 Å². The number of nitrogens with zero attached hydrogens (tertiary/aromatic N) is 2. The maximum Gasteiger partial charge on any atom is 0.166 e. The quantitative estimate of drug-likeness (QED) is 0.916. The molecule has 0 bridgehead atoms. The zero-order valence-corrected chi connectivity index (χ0v) is 12.4. The highest BCUT2D eigenvalue weighted by Crippen LogP contribution is 2.32. The molecule has 1 unspecified atom stereocenters. The van der Waals surface area contributed by atoms with Gasteiger partial charge in [0.05, 0.1) is 0 Å². The fourth-order valence-electron chi connectivity index (χ4n) is 2.89. The average Bonchev–Trinajstić information content (AvgIpc) is 2.54. The average molecular weight is 283 g/mol. The van der Waals surface area contributed by atoms with E-state index >= 15 is 0 Å². The molecule has 0 radical (unpaired) electrons. The number of aryl methyl sites for hydroxylation is 1. The summed E-state index contributed by atoms with van der Waals surface area (Å²) in [6.07, 6.45) is 7.06. The van der Waals surface area contributed by atoms with Crippen LogP contribution in [0.4, 0.5) is 0 Å². The molecule has 1 aromatic heterocycles. The fourth-order valence-corrected chi connectivity index (χ4v) is 2.89. The minimum Gasteiger partial charge on any atom is -0.486 e. The number of nitrogens with one attached hydrogen (secondary N) is 1. The monoisotopic (exact) mass is 283 g/mol. The predicted molar refractivity (Wildman–Crippen MR) is 82.2 cm³/mol. The summed E-state index contributed by atoms with van der Waals surface area (Å²) in [5.74, 6) is 1.61. The molecule has 4 heteroatoms. The fraction of sp³-hybridized carbons (Fsp3) is 0.412. The van der Waals surface area contributed by atoms with E-state index < -0.39 is 0 Å². The first-order chi connectivity index (χ1) is 10.4. The molecule has 2 aromatic rings. The number of fused-ring (bicyclic) bond motifs is 1. The minimum absolute atomic E-state index is 0.413. The summed E-state index contributed by atoms with van der Waals surface area (Å²) in [7, 11) is 0. The van der Waals surface area contributed by atoms with Crippen LogP contribution in [0.5, 0.6) is 5.75 Å². The molecule has 3 rings (SSSR count). The highest BCUT2D eigenvalue weighted by atomic mass is 16.5. The summed E-state index contributed by atoms with van der Waals surface area (Å²) in [5, 5.41) is 3.56. The molecule has 1 aliphatic rings. The van der Waals surface area contributed by atoms with E-state index in [1.54, 1.807) is 12.4 Å². The van der Waals surface area contributed by atoms with E-state index in [2.05, 4.69) is 40.4 Å². The zero-order chi connectivity index (χ0) is 14.5. The van der Waals surface area contributed by atoms with Crippen LogP contribution in [0.1, 0.15) is 42.8 Å². The van der Waals surface area contributed by atoms with Gasteiger partial charge in [0.2, 0.25) is 0 Å². The molecular weight excluding hydrogens is 262 g/mol. The minimum atomic E-state index is 0.413. The van der Waals surface area contributed by atoms with Gasteiger partial charge in [-0.15, -0.1) is 0 Å². The molecule has 0 saturated heterocycles. The van der Waals surface area contributed by atoms with Gasteiger partial charge in [-0.2, -0.15) is 0 Å². The molecule has 1 aromatic carbocycles. The Kier molecular flexibility index (Phi) is 4.46. The van der Waals surface area contributed by atoms with Crippen molar-refractivity contribution in [3.63, 3.8) is 0 Å². The van der Waals surface area contributed by atoms with Gasteiger partial charge >= 0.3 is 0 Å². The van der Waals surface area contributed by atoms with Gasteiger partial charge in [0.25, 0.3) is 0 Å². The first-order valence-electron chi connectivity index (χ1n) is 7.61. The molecule has 1 aliphatic carbocycles. The largest absolute Gasteiger partial charge is 0.486 e. The van der Waals surface area contributed by atoms with Gasteiger partial charge in [-0.25, -0.2) is 9.97 Å². The van der Waals surface area contributed by atoms with E-state index in [1.165, 1.54) is 24.0 Å². The molecule has 0 amide bonds. The lowest BCUT2D eigenvalue weighted by atomic mass is 9.87. The number of ether oxygens (including phenoxy) is 1. The van der Waals surface area contributed by atoms with Crippen molar-refractivity contribution in [2.45, 2.75) is 38.8 Å². The van der Waals surface area contributed by atoms with Gasteiger partial charge in [-0.3, -0.25) is 0 Å². The summed E-state index contributed by atoms with van der Waals surface area (Å²) in [5.41, 5.74) is 2.82. The Labute approximate surface area is 125 Å². The molecule has 1 N–H and O–H groups in total. The van der Waals surface area contributed by atoms with Crippen LogP contribution in [0, 0.1) is 0 Å². The van der Waals surface area contributed by atoms with Crippen LogP contribution in [0.3, 0.4) is 0 Å². The molecule has 110 valence electrons. The Morgan fingerprint density at radius 1 is 1.29 bits per heavy atom. The van der Waals surface area contributed by atoms with Gasteiger partial charge in [0, 0.05) is 18.4 Å². The Hall–Kier alpha value is -1.94. The van der Waals surface area contributed by atoms with E-state index in [0.717, 1.165) is 18.7 Å². The number of hydrogen-bond donors (Lipinski definition) is 1. The highest BCUT2D eigenvalue weighted by molar-refractivity contribution is 5.39. The molecule has 4 nitrogen and oxygen atoms in total.